The quantitative estimate of drug-likeness (QED) is 0.0691. The molecule has 0 aliphatic heterocycles. The van der Waals surface area contributed by atoms with Gasteiger partial charge in [-0.2, -0.15) is 0 Å². The van der Waals surface area contributed by atoms with Crippen LogP contribution in [0.25, 0.3) is 0 Å². The zero-order valence-electron chi connectivity index (χ0n) is 33.5. The standard InChI is InChI=1S/C45H66O12/c46-22-10-28-52-40-43(55-31-13-25-49-34-37-16-4-1-5-17-37)41(53-29-11-23-47)45(57-33-15-27-51-36-39-20-8-3-9-21-39)42(54-30-12-24-48)44(40)56-32-14-26-50-35-38-18-6-2-7-19-38/h1-9,16-21,40-48H,10-15,22-36H2. The maximum absolute atomic E-state index is 9.70. The topological polar surface area (TPSA) is 144 Å². The molecule has 0 saturated heterocycles. The molecule has 0 atom stereocenters. The molecule has 0 radical (unpaired) electrons. The first-order chi connectivity index (χ1) is 28.2. The highest BCUT2D eigenvalue weighted by Gasteiger charge is 2.54. The lowest BCUT2D eigenvalue weighted by atomic mass is 9.83. The normalized spacial score (nSPS) is 20.9. The Balaban J connectivity index is 1.50. The van der Waals surface area contributed by atoms with Gasteiger partial charge in [-0.15, -0.1) is 0 Å². The second-order valence-electron chi connectivity index (χ2n) is 13.9. The molecule has 1 aliphatic rings. The van der Waals surface area contributed by atoms with Crippen molar-refractivity contribution < 1.29 is 58.0 Å². The fourth-order valence-electron chi connectivity index (χ4n) is 6.55. The predicted molar refractivity (Wildman–Crippen MR) is 216 cm³/mol. The van der Waals surface area contributed by atoms with Crippen LogP contribution >= 0.6 is 0 Å². The number of hydrogen-bond donors (Lipinski definition) is 3. The molecule has 0 unspecified atom stereocenters. The van der Waals surface area contributed by atoms with Gasteiger partial charge < -0.3 is 58.0 Å². The van der Waals surface area contributed by atoms with E-state index in [1.54, 1.807) is 0 Å². The molecule has 1 saturated carbocycles. The molecule has 12 nitrogen and oxygen atoms in total. The fourth-order valence-corrected chi connectivity index (χ4v) is 6.55. The van der Waals surface area contributed by atoms with Gasteiger partial charge in [-0.25, -0.2) is 0 Å². The molecule has 1 aliphatic carbocycles. The Kier molecular flexibility index (Phi) is 24.9. The number of ether oxygens (including phenoxy) is 9. The van der Waals surface area contributed by atoms with E-state index in [1.807, 2.05) is 91.0 Å². The highest BCUT2D eigenvalue weighted by Crippen LogP contribution is 2.34. The zero-order chi connectivity index (χ0) is 40.0. The van der Waals surface area contributed by atoms with Gasteiger partial charge in [0.15, 0.2) is 0 Å². The highest BCUT2D eigenvalue weighted by atomic mass is 16.6. The molecule has 3 aromatic carbocycles. The van der Waals surface area contributed by atoms with E-state index < -0.39 is 36.6 Å². The van der Waals surface area contributed by atoms with Crippen molar-refractivity contribution >= 4 is 0 Å². The summed E-state index contributed by atoms with van der Waals surface area (Å²) in [5, 5.41) is 29.1. The van der Waals surface area contributed by atoms with Gasteiger partial charge in [-0.05, 0) is 55.2 Å². The van der Waals surface area contributed by atoms with Crippen molar-refractivity contribution in [3.8, 4) is 0 Å². The second-order valence-corrected chi connectivity index (χ2v) is 13.9. The van der Waals surface area contributed by atoms with Gasteiger partial charge in [-0.3, -0.25) is 0 Å². The van der Waals surface area contributed by atoms with E-state index in [9.17, 15) is 15.3 Å². The minimum Gasteiger partial charge on any atom is -0.396 e. The van der Waals surface area contributed by atoms with Crippen LogP contribution < -0.4 is 0 Å². The zero-order valence-corrected chi connectivity index (χ0v) is 33.5. The molecule has 3 N–H and O–H groups in total. The summed E-state index contributed by atoms with van der Waals surface area (Å²) in [5.41, 5.74) is 3.30. The average Bonchev–Trinajstić information content (AvgIpc) is 3.24. The number of aliphatic hydroxyl groups is 3. The molecule has 0 aromatic heterocycles. The first-order valence-electron chi connectivity index (χ1n) is 20.6. The van der Waals surface area contributed by atoms with Gasteiger partial charge in [0.1, 0.15) is 36.6 Å². The lowest BCUT2D eigenvalue weighted by Crippen LogP contribution is -2.68. The number of benzene rings is 3. The fraction of sp³-hybridized carbons (Fsp3) is 0.600. The summed E-state index contributed by atoms with van der Waals surface area (Å²) in [4.78, 5) is 0. The van der Waals surface area contributed by atoms with Gasteiger partial charge in [-0.1, -0.05) is 91.0 Å². The third-order valence-electron chi connectivity index (χ3n) is 9.35. The van der Waals surface area contributed by atoms with Crippen molar-refractivity contribution in [2.45, 2.75) is 95.0 Å². The van der Waals surface area contributed by atoms with Crippen LogP contribution in [-0.4, -0.2) is 131 Å². The Morgan fingerprint density at radius 2 is 0.526 bits per heavy atom. The molecule has 4 rings (SSSR count). The maximum atomic E-state index is 9.70. The summed E-state index contributed by atoms with van der Waals surface area (Å²) in [6, 6.07) is 30.1. The van der Waals surface area contributed by atoms with Crippen molar-refractivity contribution in [3.05, 3.63) is 108 Å². The van der Waals surface area contributed by atoms with Gasteiger partial charge >= 0.3 is 0 Å². The highest BCUT2D eigenvalue weighted by molar-refractivity contribution is 5.15. The minimum absolute atomic E-state index is 0.0355. The van der Waals surface area contributed by atoms with Crippen LogP contribution in [-0.2, 0) is 62.5 Å². The van der Waals surface area contributed by atoms with Crippen molar-refractivity contribution in [2.24, 2.45) is 0 Å². The van der Waals surface area contributed by atoms with Gasteiger partial charge in [0.05, 0.1) is 19.8 Å². The van der Waals surface area contributed by atoms with Crippen molar-refractivity contribution in [1.29, 1.82) is 0 Å². The molecule has 0 spiro atoms. The summed E-state index contributed by atoms with van der Waals surface area (Å²) < 4.78 is 57.5. The molecular weight excluding hydrogens is 732 g/mol. The average molecular weight is 799 g/mol. The van der Waals surface area contributed by atoms with Gasteiger partial charge in [0.2, 0.25) is 0 Å². The number of rotatable bonds is 33. The van der Waals surface area contributed by atoms with Crippen molar-refractivity contribution in [2.75, 3.05) is 79.3 Å². The lowest BCUT2D eigenvalue weighted by molar-refractivity contribution is -0.283. The van der Waals surface area contributed by atoms with E-state index in [2.05, 4.69) is 0 Å². The van der Waals surface area contributed by atoms with E-state index in [0.29, 0.717) is 98.0 Å². The summed E-state index contributed by atoms with van der Waals surface area (Å²) >= 11 is 0. The Labute approximate surface area is 339 Å². The summed E-state index contributed by atoms with van der Waals surface area (Å²) in [6.07, 6.45) is -0.752. The van der Waals surface area contributed by atoms with E-state index in [4.69, 9.17) is 42.6 Å². The van der Waals surface area contributed by atoms with Crippen molar-refractivity contribution in [3.63, 3.8) is 0 Å². The Hall–Kier alpha value is -2.82. The Morgan fingerprint density at radius 1 is 0.298 bits per heavy atom. The van der Waals surface area contributed by atoms with Gasteiger partial charge in [0, 0.05) is 79.3 Å². The van der Waals surface area contributed by atoms with E-state index in [0.717, 1.165) is 16.7 Å². The van der Waals surface area contributed by atoms with Crippen molar-refractivity contribution in [1.82, 2.24) is 0 Å². The van der Waals surface area contributed by atoms with E-state index in [1.165, 1.54) is 0 Å². The lowest BCUT2D eigenvalue weighted by Gasteiger charge is -2.50. The van der Waals surface area contributed by atoms with Crippen LogP contribution in [0.4, 0.5) is 0 Å². The Bertz CT molecular complexity index is 1180. The summed E-state index contributed by atoms with van der Waals surface area (Å²) in [5.74, 6) is 0. The van der Waals surface area contributed by atoms with Crippen LogP contribution in [0.5, 0.6) is 0 Å². The largest absolute Gasteiger partial charge is 0.396 e. The first kappa shape index (κ1) is 46.9. The minimum atomic E-state index is -0.653. The monoisotopic (exact) mass is 798 g/mol. The third kappa shape index (κ3) is 18.3. The molecule has 0 heterocycles. The molecule has 0 amide bonds. The molecule has 318 valence electrons. The summed E-state index contributed by atoms with van der Waals surface area (Å²) in [6.45, 7) is 4.75. The number of hydrogen-bond acceptors (Lipinski definition) is 12. The van der Waals surface area contributed by atoms with Crippen LogP contribution in [0.1, 0.15) is 55.2 Å². The van der Waals surface area contributed by atoms with Crippen LogP contribution in [0, 0.1) is 0 Å². The summed E-state index contributed by atoms with van der Waals surface area (Å²) in [7, 11) is 0. The smallest absolute Gasteiger partial charge is 0.115 e. The molecule has 57 heavy (non-hydrogen) atoms. The molecule has 1 fully saturated rings. The van der Waals surface area contributed by atoms with Crippen LogP contribution in [0.3, 0.4) is 0 Å². The molecule has 12 heteroatoms. The number of aliphatic hydroxyl groups excluding tert-OH is 3. The molecule has 3 aromatic rings. The van der Waals surface area contributed by atoms with E-state index in [-0.39, 0.29) is 39.6 Å². The SMILES string of the molecule is OCCCOC1C(OCCCOCc2ccccc2)C(OCCCO)C(OCCCOCc2ccccc2)C(OCCCO)C1OCCCOCc1ccccc1. The van der Waals surface area contributed by atoms with E-state index >= 15 is 0 Å². The van der Waals surface area contributed by atoms with Gasteiger partial charge in [0.25, 0.3) is 0 Å². The third-order valence-corrected chi connectivity index (χ3v) is 9.35. The second kappa shape index (κ2) is 30.3. The molecular formula is C45H66O12. The van der Waals surface area contributed by atoms with Crippen LogP contribution in [0.2, 0.25) is 0 Å². The Morgan fingerprint density at radius 3 is 0.754 bits per heavy atom. The first-order valence-corrected chi connectivity index (χ1v) is 20.6. The maximum Gasteiger partial charge on any atom is 0.115 e. The molecule has 0 bridgehead atoms. The predicted octanol–water partition coefficient (Wildman–Crippen LogP) is 5.28. The van der Waals surface area contributed by atoms with Crippen LogP contribution in [0.15, 0.2) is 91.0 Å².